The highest BCUT2D eigenvalue weighted by molar-refractivity contribution is 14.0. The van der Waals surface area contributed by atoms with Crippen molar-refractivity contribution in [2.75, 3.05) is 39.8 Å². The predicted molar refractivity (Wildman–Crippen MR) is 134 cm³/mol. The maximum atomic E-state index is 5.97. The largest absolute Gasteiger partial charge is 0.352 e. The Balaban J connectivity index is 0.00000256. The fourth-order valence-electron chi connectivity index (χ4n) is 4.38. The van der Waals surface area contributed by atoms with Gasteiger partial charge in [0.25, 0.3) is 0 Å². The van der Waals surface area contributed by atoms with Gasteiger partial charge in [-0.25, -0.2) is 4.68 Å². The van der Waals surface area contributed by atoms with Crippen molar-refractivity contribution in [2.45, 2.75) is 32.2 Å². The van der Waals surface area contributed by atoms with E-state index >= 15 is 0 Å². The monoisotopic (exact) mass is 542 g/mol. The first-order valence-electron chi connectivity index (χ1n) is 10.7. The van der Waals surface area contributed by atoms with E-state index in [1.165, 1.54) is 45.3 Å². The van der Waals surface area contributed by atoms with Crippen molar-refractivity contribution in [2.24, 2.45) is 10.9 Å². The lowest BCUT2D eigenvalue weighted by Crippen LogP contribution is -2.41. The molecule has 2 aliphatic rings. The quantitative estimate of drug-likeness (QED) is 0.352. The third-order valence-corrected chi connectivity index (χ3v) is 6.19. The molecule has 6 nitrogen and oxygen atoms in total. The van der Waals surface area contributed by atoms with Crippen LogP contribution in [-0.2, 0) is 6.54 Å². The topological polar surface area (TPSA) is 48.7 Å². The Morgan fingerprint density at radius 2 is 1.93 bits per heavy atom. The van der Waals surface area contributed by atoms with E-state index in [2.05, 4.69) is 25.2 Å². The number of rotatable bonds is 5. The van der Waals surface area contributed by atoms with Crippen molar-refractivity contribution >= 4 is 41.5 Å². The van der Waals surface area contributed by atoms with Gasteiger partial charge in [0.1, 0.15) is 0 Å². The van der Waals surface area contributed by atoms with E-state index in [1.54, 1.807) is 0 Å². The van der Waals surface area contributed by atoms with Gasteiger partial charge in [0.05, 0.1) is 11.9 Å². The van der Waals surface area contributed by atoms with Crippen LogP contribution in [0.3, 0.4) is 0 Å². The molecule has 1 aromatic carbocycles. The Kier molecular flexibility index (Phi) is 8.83. The summed E-state index contributed by atoms with van der Waals surface area (Å²) in [5.41, 5.74) is 2.13. The summed E-state index contributed by atoms with van der Waals surface area (Å²) in [7, 11) is 1.87. The molecular formula is C22H32ClIN6. The van der Waals surface area contributed by atoms with Crippen molar-refractivity contribution in [3.05, 3.63) is 47.2 Å². The number of likely N-dealkylation sites (tertiary alicyclic amines) is 2. The van der Waals surface area contributed by atoms with Crippen LogP contribution in [0.5, 0.6) is 0 Å². The smallest absolute Gasteiger partial charge is 0.193 e. The lowest BCUT2D eigenvalue weighted by Gasteiger charge is -2.29. The molecule has 3 heterocycles. The number of guanidine groups is 1. The molecule has 2 aromatic rings. The molecule has 0 amide bonds. The van der Waals surface area contributed by atoms with Gasteiger partial charge in [0.15, 0.2) is 5.96 Å². The molecule has 0 spiro atoms. The zero-order chi connectivity index (χ0) is 20.1. The molecule has 1 unspecified atom stereocenters. The van der Waals surface area contributed by atoms with Crippen LogP contribution >= 0.6 is 35.6 Å². The van der Waals surface area contributed by atoms with Crippen molar-refractivity contribution in [1.82, 2.24) is 24.9 Å². The first kappa shape index (κ1) is 23.3. The van der Waals surface area contributed by atoms with Gasteiger partial charge in [-0.15, -0.1) is 24.0 Å². The summed E-state index contributed by atoms with van der Waals surface area (Å²) in [6.07, 6.45) is 9.33. The molecule has 1 aromatic heterocycles. The first-order chi connectivity index (χ1) is 14.2. The van der Waals surface area contributed by atoms with Crippen LogP contribution in [0.15, 0.2) is 41.7 Å². The maximum absolute atomic E-state index is 5.97. The van der Waals surface area contributed by atoms with Gasteiger partial charge >= 0.3 is 0 Å². The third kappa shape index (κ3) is 6.11. The zero-order valence-electron chi connectivity index (χ0n) is 17.6. The molecule has 2 saturated heterocycles. The summed E-state index contributed by atoms with van der Waals surface area (Å²) in [4.78, 5) is 9.57. The minimum Gasteiger partial charge on any atom is -0.352 e. The molecule has 8 heteroatoms. The summed E-state index contributed by atoms with van der Waals surface area (Å²) in [5.74, 6) is 1.74. The number of halogens is 2. The molecule has 30 heavy (non-hydrogen) atoms. The van der Waals surface area contributed by atoms with Crippen LogP contribution in [0.4, 0.5) is 0 Å². The third-order valence-electron chi connectivity index (χ3n) is 5.94. The number of nitrogens with zero attached hydrogens (tertiary/aromatic N) is 5. The Morgan fingerprint density at radius 3 is 2.67 bits per heavy atom. The molecular weight excluding hydrogens is 511 g/mol. The standard InChI is InChI=1S/C22H31ClN6.HI/c1-24-22(28-12-9-18(16-28)15-27-10-3-2-4-11-27)25-13-19-14-26-29(17-19)21-7-5-20(23)6-8-21;/h5-8,14,17-18H,2-4,9-13,15-16H2,1H3,(H,24,25);1H. The van der Waals surface area contributed by atoms with E-state index in [0.717, 1.165) is 41.2 Å². The Hall–Kier alpha value is -1.32. The van der Waals surface area contributed by atoms with Gasteiger partial charge in [0.2, 0.25) is 0 Å². The highest BCUT2D eigenvalue weighted by Crippen LogP contribution is 2.20. The number of nitrogens with one attached hydrogen (secondary N) is 1. The molecule has 164 valence electrons. The Labute approximate surface area is 201 Å². The average molecular weight is 543 g/mol. The van der Waals surface area contributed by atoms with Crippen molar-refractivity contribution in [3.63, 3.8) is 0 Å². The Morgan fingerprint density at radius 1 is 1.17 bits per heavy atom. The van der Waals surface area contributed by atoms with Gasteiger partial charge in [-0.05, 0) is 62.5 Å². The van der Waals surface area contributed by atoms with Gasteiger partial charge in [-0.1, -0.05) is 18.0 Å². The minimum absolute atomic E-state index is 0. The second kappa shape index (κ2) is 11.3. The molecule has 0 bridgehead atoms. The number of hydrogen-bond acceptors (Lipinski definition) is 3. The maximum Gasteiger partial charge on any atom is 0.193 e. The molecule has 1 atom stereocenters. The van der Waals surface area contributed by atoms with E-state index in [4.69, 9.17) is 11.6 Å². The lowest BCUT2D eigenvalue weighted by molar-refractivity contribution is 0.198. The molecule has 2 fully saturated rings. The van der Waals surface area contributed by atoms with E-state index < -0.39 is 0 Å². The van der Waals surface area contributed by atoms with Gasteiger partial charge in [-0.2, -0.15) is 5.10 Å². The van der Waals surface area contributed by atoms with Gasteiger partial charge < -0.3 is 15.1 Å². The van der Waals surface area contributed by atoms with Crippen LogP contribution in [0.1, 0.15) is 31.2 Å². The fraction of sp³-hybridized carbons (Fsp3) is 0.545. The van der Waals surface area contributed by atoms with Gasteiger partial charge in [0, 0.05) is 50.0 Å². The SMILES string of the molecule is CN=C(NCc1cnn(-c2ccc(Cl)cc2)c1)N1CCC(CN2CCCCC2)C1.I. The van der Waals surface area contributed by atoms with Crippen molar-refractivity contribution in [1.29, 1.82) is 0 Å². The number of hydrogen-bond donors (Lipinski definition) is 1. The summed E-state index contributed by atoms with van der Waals surface area (Å²) in [6.45, 7) is 6.69. The molecule has 0 saturated carbocycles. The molecule has 4 rings (SSSR count). The summed E-state index contributed by atoms with van der Waals surface area (Å²) in [6, 6.07) is 7.70. The van der Waals surface area contributed by atoms with Gasteiger partial charge in [-0.3, -0.25) is 4.99 Å². The number of benzene rings is 1. The summed E-state index contributed by atoms with van der Waals surface area (Å²) < 4.78 is 1.88. The number of piperidine rings is 1. The van der Waals surface area contributed by atoms with E-state index in [1.807, 2.05) is 48.4 Å². The second-order valence-electron chi connectivity index (χ2n) is 8.13. The van der Waals surface area contributed by atoms with Crippen LogP contribution in [-0.4, -0.2) is 65.3 Å². The highest BCUT2D eigenvalue weighted by Gasteiger charge is 2.26. The predicted octanol–water partition coefficient (Wildman–Crippen LogP) is 4.03. The van der Waals surface area contributed by atoms with Crippen LogP contribution < -0.4 is 5.32 Å². The summed E-state index contributed by atoms with van der Waals surface area (Å²) >= 11 is 5.97. The molecule has 1 N–H and O–H groups in total. The van der Waals surface area contributed by atoms with Crippen LogP contribution in [0, 0.1) is 5.92 Å². The van der Waals surface area contributed by atoms with E-state index in [0.29, 0.717) is 6.54 Å². The highest BCUT2D eigenvalue weighted by atomic mass is 127. The van der Waals surface area contributed by atoms with Crippen molar-refractivity contribution in [3.8, 4) is 5.69 Å². The second-order valence-corrected chi connectivity index (χ2v) is 8.57. The van der Waals surface area contributed by atoms with E-state index in [-0.39, 0.29) is 24.0 Å². The van der Waals surface area contributed by atoms with Crippen LogP contribution in [0.25, 0.3) is 5.69 Å². The van der Waals surface area contributed by atoms with Crippen molar-refractivity contribution < 1.29 is 0 Å². The average Bonchev–Trinajstić information content (AvgIpc) is 3.40. The number of aromatic nitrogens is 2. The summed E-state index contributed by atoms with van der Waals surface area (Å²) in [5, 5.41) is 8.71. The fourth-order valence-corrected chi connectivity index (χ4v) is 4.51. The lowest BCUT2D eigenvalue weighted by atomic mass is 10.1. The molecule has 0 radical (unpaired) electrons. The number of aliphatic imine (C=N–C) groups is 1. The Bertz CT molecular complexity index is 815. The zero-order valence-corrected chi connectivity index (χ0v) is 20.7. The van der Waals surface area contributed by atoms with E-state index in [9.17, 15) is 0 Å². The molecule has 0 aliphatic carbocycles. The minimum atomic E-state index is 0. The van der Waals surface area contributed by atoms with Crippen LogP contribution in [0.2, 0.25) is 5.02 Å². The first-order valence-corrected chi connectivity index (χ1v) is 11.1. The molecule has 2 aliphatic heterocycles. The normalized spacial score (nSPS) is 20.3.